The van der Waals surface area contributed by atoms with Crippen molar-refractivity contribution in [2.45, 2.75) is 58.2 Å². The molecule has 0 aliphatic carbocycles. The Kier molecular flexibility index (Phi) is 6.44. The molecule has 1 aromatic rings. The fourth-order valence-corrected chi connectivity index (χ4v) is 3.80. The molecule has 0 fully saturated rings. The molecule has 2 unspecified atom stereocenters. The third kappa shape index (κ3) is 4.93. The van der Waals surface area contributed by atoms with E-state index in [0.29, 0.717) is 19.0 Å². The lowest BCUT2D eigenvalue weighted by Gasteiger charge is -2.33. The van der Waals surface area contributed by atoms with Crippen LogP contribution in [-0.2, 0) is 13.0 Å². The summed E-state index contributed by atoms with van der Waals surface area (Å²) in [5.41, 5.74) is 1.08. The van der Waals surface area contributed by atoms with E-state index in [-0.39, 0.29) is 18.2 Å². The Bertz CT molecular complexity index is 520. The first-order valence-corrected chi connectivity index (χ1v) is 9.31. The van der Waals surface area contributed by atoms with E-state index in [1.54, 1.807) is 0 Å². The second kappa shape index (κ2) is 8.13. The number of hydrogen-bond acceptors (Lipinski definition) is 4. The highest BCUT2D eigenvalue weighted by Gasteiger charge is 2.25. The topological polar surface area (TPSA) is 64.6 Å². The van der Waals surface area contributed by atoms with Crippen LogP contribution in [-0.4, -0.2) is 47.3 Å². The maximum atomic E-state index is 12.1. The third-order valence-corrected chi connectivity index (χ3v) is 5.90. The number of urea groups is 1. The van der Waals surface area contributed by atoms with E-state index in [0.717, 1.165) is 25.9 Å². The lowest BCUT2D eigenvalue weighted by atomic mass is 9.95. The Morgan fingerprint density at radius 2 is 2.35 bits per heavy atom. The molecule has 2 heterocycles. The highest BCUT2D eigenvalue weighted by molar-refractivity contribution is 7.10. The third-order valence-electron chi connectivity index (χ3n) is 4.88. The first-order chi connectivity index (χ1) is 11.0. The van der Waals surface area contributed by atoms with Crippen LogP contribution in [0.2, 0.25) is 0 Å². The molecule has 6 heteroatoms. The van der Waals surface area contributed by atoms with Gasteiger partial charge >= 0.3 is 6.03 Å². The standard InChI is InChI=1S/C17H29N3O2S/c1-4-17(3,7-9-21)19-16(22)18-11-13(2)20-8-5-15-14(12-20)6-10-23-15/h6,10,13,21H,4-5,7-9,11-12H2,1-3H3,(H2,18,19,22). The number of aliphatic hydroxyl groups excluding tert-OH is 1. The summed E-state index contributed by atoms with van der Waals surface area (Å²) in [7, 11) is 0. The average Bonchev–Trinajstić information content (AvgIpc) is 3.00. The summed E-state index contributed by atoms with van der Waals surface area (Å²) in [6, 6.07) is 2.36. The van der Waals surface area contributed by atoms with Gasteiger partial charge in [0.05, 0.1) is 0 Å². The van der Waals surface area contributed by atoms with E-state index in [4.69, 9.17) is 5.11 Å². The molecule has 1 aliphatic rings. The second-order valence-corrected chi connectivity index (χ2v) is 7.66. The Morgan fingerprint density at radius 1 is 1.57 bits per heavy atom. The predicted molar refractivity (Wildman–Crippen MR) is 94.8 cm³/mol. The number of amides is 2. The van der Waals surface area contributed by atoms with Crippen LogP contribution >= 0.6 is 11.3 Å². The lowest BCUT2D eigenvalue weighted by Crippen LogP contribution is -2.53. The molecule has 3 N–H and O–H groups in total. The summed E-state index contributed by atoms with van der Waals surface area (Å²) in [5, 5.41) is 17.2. The quantitative estimate of drug-likeness (QED) is 0.714. The normalized spacial score (nSPS) is 18.8. The van der Waals surface area contributed by atoms with E-state index < -0.39 is 0 Å². The highest BCUT2D eigenvalue weighted by atomic mass is 32.1. The molecule has 0 saturated heterocycles. The van der Waals surface area contributed by atoms with Crippen LogP contribution < -0.4 is 10.6 Å². The van der Waals surface area contributed by atoms with Crippen molar-refractivity contribution in [2.75, 3.05) is 19.7 Å². The smallest absolute Gasteiger partial charge is 0.315 e. The molecule has 5 nitrogen and oxygen atoms in total. The minimum absolute atomic E-state index is 0.0811. The van der Waals surface area contributed by atoms with Gasteiger partial charge in [-0.2, -0.15) is 0 Å². The average molecular weight is 340 g/mol. The van der Waals surface area contributed by atoms with Gasteiger partial charge in [-0.25, -0.2) is 4.79 Å². The van der Waals surface area contributed by atoms with Crippen LogP contribution in [0, 0.1) is 0 Å². The van der Waals surface area contributed by atoms with E-state index in [1.807, 2.05) is 25.2 Å². The lowest BCUT2D eigenvalue weighted by molar-refractivity contribution is 0.179. The van der Waals surface area contributed by atoms with Crippen molar-refractivity contribution >= 4 is 17.4 Å². The molecule has 1 aromatic heterocycles. The largest absolute Gasteiger partial charge is 0.396 e. The van der Waals surface area contributed by atoms with Gasteiger partial charge in [-0.3, -0.25) is 4.90 Å². The van der Waals surface area contributed by atoms with Crippen molar-refractivity contribution in [2.24, 2.45) is 0 Å². The van der Waals surface area contributed by atoms with Crippen LogP contribution in [0.25, 0.3) is 0 Å². The van der Waals surface area contributed by atoms with Crippen LogP contribution in [0.5, 0.6) is 0 Å². The number of hydrogen-bond donors (Lipinski definition) is 3. The molecule has 0 saturated carbocycles. The van der Waals surface area contributed by atoms with Gasteiger partial charge in [-0.15, -0.1) is 11.3 Å². The molecule has 2 atom stereocenters. The minimum atomic E-state index is -0.348. The van der Waals surface area contributed by atoms with Crippen LogP contribution in [0.1, 0.15) is 44.1 Å². The number of fused-ring (bicyclic) bond motifs is 1. The van der Waals surface area contributed by atoms with Gasteiger partial charge in [0.2, 0.25) is 0 Å². The molecule has 2 amide bonds. The van der Waals surface area contributed by atoms with Crippen molar-refractivity contribution in [1.29, 1.82) is 0 Å². The van der Waals surface area contributed by atoms with E-state index in [1.165, 1.54) is 10.4 Å². The number of carbonyl (C=O) groups is 1. The van der Waals surface area contributed by atoms with Gasteiger partial charge in [-0.1, -0.05) is 6.92 Å². The van der Waals surface area contributed by atoms with E-state index >= 15 is 0 Å². The zero-order valence-corrected chi connectivity index (χ0v) is 15.2. The van der Waals surface area contributed by atoms with Crippen molar-refractivity contribution < 1.29 is 9.90 Å². The summed E-state index contributed by atoms with van der Waals surface area (Å²) in [6.07, 6.45) is 2.47. The fraction of sp³-hybridized carbons (Fsp3) is 0.706. The highest BCUT2D eigenvalue weighted by Crippen LogP contribution is 2.24. The monoisotopic (exact) mass is 339 g/mol. The summed E-state index contributed by atoms with van der Waals surface area (Å²) < 4.78 is 0. The fourth-order valence-electron chi connectivity index (χ4n) is 2.91. The van der Waals surface area contributed by atoms with Crippen LogP contribution in [0.15, 0.2) is 11.4 Å². The number of carbonyl (C=O) groups excluding carboxylic acids is 1. The van der Waals surface area contributed by atoms with E-state index in [2.05, 4.69) is 33.9 Å². The maximum absolute atomic E-state index is 12.1. The molecule has 1 aliphatic heterocycles. The Labute approximate surface area is 143 Å². The first-order valence-electron chi connectivity index (χ1n) is 8.43. The molecule has 130 valence electrons. The number of nitrogens with zero attached hydrogens (tertiary/aromatic N) is 1. The number of rotatable bonds is 7. The summed E-state index contributed by atoms with van der Waals surface area (Å²) in [6.45, 7) is 8.88. The molecule has 0 bridgehead atoms. The van der Waals surface area contributed by atoms with Crippen molar-refractivity contribution in [3.8, 4) is 0 Å². The Balaban J connectivity index is 1.78. The molecular formula is C17H29N3O2S. The van der Waals surface area contributed by atoms with E-state index in [9.17, 15) is 4.79 Å². The van der Waals surface area contributed by atoms with Gasteiger partial charge < -0.3 is 15.7 Å². The molecule has 23 heavy (non-hydrogen) atoms. The number of thiophene rings is 1. The first kappa shape index (κ1) is 18.2. The number of nitrogens with one attached hydrogen (secondary N) is 2. The van der Waals surface area contributed by atoms with Crippen molar-refractivity contribution in [3.05, 3.63) is 21.9 Å². The molecular weight excluding hydrogens is 310 g/mol. The maximum Gasteiger partial charge on any atom is 0.315 e. The second-order valence-electron chi connectivity index (χ2n) is 6.66. The zero-order chi connectivity index (χ0) is 16.9. The van der Waals surface area contributed by atoms with Gasteiger partial charge in [0.1, 0.15) is 0 Å². The van der Waals surface area contributed by atoms with Gasteiger partial charge in [-0.05, 0) is 50.1 Å². The van der Waals surface area contributed by atoms with Crippen molar-refractivity contribution in [1.82, 2.24) is 15.5 Å². The van der Waals surface area contributed by atoms with Crippen molar-refractivity contribution in [3.63, 3.8) is 0 Å². The molecule has 0 spiro atoms. The number of aliphatic hydroxyl groups is 1. The Hall–Kier alpha value is -1.11. The summed E-state index contributed by atoms with van der Waals surface area (Å²) in [5.74, 6) is 0. The molecule has 0 radical (unpaired) electrons. The zero-order valence-electron chi connectivity index (χ0n) is 14.4. The molecule has 0 aromatic carbocycles. The summed E-state index contributed by atoms with van der Waals surface area (Å²) >= 11 is 1.84. The predicted octanol–water partition coefficient (Wildman–Crippen LogP) is 2.35. The summed E-state index contributed by atoms with van der Waals surface area (Å²) in [4.78, 5) is 16.0. The minimum Gasteiger partial charge on any atom is -0.396 e. The van der Waals surface area contributed by atoms with Crippen LogP contribution in [0.4, 0.5) is 4.79 Å². The SMILES string of the molecule is CCC(C)(CCO)NC(=O)NCC(C)N1CCc2sccc2C1. The van der Waals surface area contributed by atoms with Crippen LogP contribution in [0.3, 0.4) is 0 Å². The van der Waals surface area contributed by atoms with Gasteiger partial charge in [0.25, 0.3) is 0 Å². The van der Waals surface area contributed by atoms with Gasteiger partial charge in [0.15, 0.2) is 0 Å². The Morgan fingerprint density at radius 3 is 3.04 bits per heavy atom. The van der Waals surface area contributed by atoms with Gasteiger partial charge in [0, 0.05) is 42.7 Å². The molecule has 2 rings (SSSR count).